The van der Waals surface area contributed by atoms with Crippen LogP contribution in [0.2, 0.25) is 0 Å². The molecule has 0 bridgehead atoms. The quantitative estimate of drug-likeness (QED) is 0.478. The van der Waals surface area contributed by atoms with Crippen LogP contribution in [-0.2, 0) is 0 Å². The molecule has 0 aliphatic rings. The van der Waals surface area contributed by atoms with Gasteiger partial charge < -0.3 is 15.2 Å². The van der Waals surface area contributed by atoms with Crippen molar-refractivity contribution >= 4 is 17.4 Å². The molecule has 20 heavy (non-hydrogen) atoms. The number of nitrogens with two attached hydrogens (primary N) is 1. The maximum Gasteiger partial charge on any atom is 0.132 e. The van der Waals surface area contributed by atoms with Crippen LogP contribution in [0.3, 0.4) is 0 Å². The van der Waals surface area contributed by atoms with Gasteiger partial charge in [-0.1, -0.05) is 18.2 Å². The molecule has 0 aliphatic carbocycles. The second-order valence-corrected chi connectivity index (χ2v) is 5.12. The summed E-state index contributed by atoms with van der Waals surface area (Å²) in [5.74, 6) is 1.73. The molecule has 2 rings (SSSR count). The summed E-state index contributed by atoms with van der Waals surface area (Å²) in [6.45, 7) is 1.25. The molecule has 0 heterocycles. The van der Waals surface area contributed by atoms with E-state index in [4.69, 9.17) is 15.2 Å². The van der Waals surface area contributed by atoms with Gasteiger partial charge in [0.2, 0.25) is 0 Å². The lowest BCUT2D eigenvalue weighted by molar-refractivity contribution is 0.244. The first-order chi connectivity index (χ1) is 9.79. The molecule has 2 N–H and O–H groups in total. The van der Waals surface area contributed by atoms with Crippen LogP contribution in [-0.4, -0.2) is 19.5 Å². The lowest BCUT2D eigenvalue weighted by Gasteiger charge is -2.10. The van der Waals surface area contributed by atoms with E-state index in [0.717, 1.165) is 22.8 Å². The van der Waals surface area contributed by atoms with Gasteiger partial charge >= 0.3 is 0 Å². The molecule has 2 aromatic carbocycles. The molecule has 0 atom stereocenters. The predicted molar refractivity (Wildman–Crippen MR) is 84.7 cm³/mol. The van der Waals surface area contributed by atoms with Crippen LogP contribution >= 0.6 is 11.8 Å². The Morgan fingerprint density at radius 2 is 1.80 bits per heavy atom. The lowest BCUT2D eigenvalue weighted by Crippen LogP contribution is -2.05. The van der Waals surface area contributed by atoms with Crippen LogP contribution in [0.4, 0.5) is 5.69 Å². The van der Waals surface area contributed by atoms with E-state index in [1.54, 1.807) is 11.8 Å². The maximum absolute atomic E-state index is 5.76. The summed E-state index contributed by atoms with van der Waals surface area (Å²) in [6, 6.07) is 15.5. The Hall–Kier alpha value is -1.81. The summed E-state index contributed by atoms with van der Waals surface area (Å²) in [5, 5.41) is 0. The van der Waals surface area contributed by atoms with E-state index in [2.05, 4.69) is 6.07 Å². The fourth-order valence-corrected chi connectivity index (χ4v) is 2.32. The number of ether oxygens (including phenoxy) is 2. The molecule has 0 radical (unpaired) electrons. The minimum atomic E-state index is 0.616. The van der Waals surface area contributed by atoms with Gasteiger partial charge in [0.25, 0.3) is 0 Å². The summed E-state index contributed by atoms with van der Waals surface area (Å²) in [6.07, 6.45) is 2.88. The minimum Gasteiger partial charge on any atom is -0.493 e. The first-order valence-corrected chi connectivity index (χ1v) is 7.76. The highest BCUT2D eigenvalue weighted by atomic mass is 32.2. The van der Waals surface area contributed by atoms with Gasteiger partial charge in [0, 0.05) is 23.1 Å². The van der Waals surface area contributed by atoms with E-state index in [0.29, 0.717) is 18.9 Å². The van der Waals surface area contributed by atoms with E-state index in [-0.39, 0.29) is 0 Å². The number of hydrogen-bond donors (Lipinski definition) is 1. The van der Waals surface area contributed by atoms with Crippen molar-refractivity contribution < 1.29 is 9.47 Å². The topological polar surface area (TPSA) is 44.5 Å². The molecule has 4 heteroatoms. The molecule has 0 saturated carbocycles. The van der Waals surface area contributed by atoms with Crippen molar-refractivity contribution in [2.75, 3.05) is 25.2 Å². The third-order valence-electron chi connectivity index (χ3n) is 2.74. The van der Waals surface area contributed by atoms with Gasteiger partial charge in [-0.05, 0) is 30.5 Å². The third kappa shape index (κ3) is 4.38. The minimum absolute atomic E-state index is 0.616. The van der Waals surface area contributed by atoms with Gasteiger partial charge in [-0.3, -0.25) is 0 Å². The molecule has 2 aromatic rings. The van der Waals surface area contributed by atoms with Crippen molar-refractivity contribution in [3.05, 3.63) is 48.5 Å². The highest BCUT2D eigenvalue weighted by Gasteiger charge is 2.01. The van der Waals surface area contributed by atoms with E-state index < -0.39 is 0 Å². The summed E-state index contributed by atoms with van der Waals surface area (Å²) in [5.41, 5.74) is 6.41. The Morgan fingerprint density at radius 1 is 1.00 bits per heavy atom. The zero-order valence-corrected chi connectivity index (χ0v) is 12.4. The maximum atomic E-state index is 5.76. The fraction of sp³-hybridized carbons (Fsp3) is 0.250. The molecule has 0 amide bonds. The highest BCUT2D eigenvalue weighted by Crippen LogP contribution is 2.26. The number of nitrogen functional groups attached to an aromatic ring is 1. The first-order valence-electron chi connectivity index (χ1n) is 6.54. The van der Waals surface area contributed by atoms with Crippen LogP contribution < -0.4 is 15.2 Å². The van der Waals surface area contributed by atoms with E-state index in [9.17, 15) is 0 Å². The third-order valence-corrected chi connectivity index (χ3v) is 3.52. The average molecular weight is 289 g/mol. The predicted octanol–water partition coefficient (Wildman–Crippen LogP) is 3.84. The Bertz CT molecular complexity index is 546. The normalized spacial score (nSPS) is 10.2. The van der Waals surface area contributed by atoms with Gasteiger partial charge in [-0.2, -0.15) is 0 Å². The molecule has 106 valence electrons. The lowest BCUT2D eigenvalue weighted by atomic mass is 10.3. The van der Waals surface area contributed by atoms with Crippen LogP contribution in [0.1, 0.15) is 6.42 Å². The second-order valence-electron chi connectivity index (χ2n) is 4.27. The summed E-state index contributed by atoms with van der Waals surface area (Å²) in [7, 11) is 0. The summed E-state index contributed by atoms with van der Waals surface area (Å²) >= 11 is 1.69. The van der Waals surface area contributed by atoms with Gasteiger partial charge in [0.05, 0.1) is 13.2 Å². The number of benzene rings is 2. The van der Waals surface area contributed by atoms with Crippen LogP contribution in [0, 0.1) is 0 Å². The molecule has 0 unspecified atom stereocenters. The molecule has 0 spiro atoms. The molecule has 3 nitrogen and oxygen atoms in total. The largest absolute Gasteiger partial charge is 0.493 e. The van der Waals surface area contributed by atoms with E-state index in [1.165, 1.54) is 0 Å². The van der Waals surface area contributed by atoms with E-state index in [1.807, 2.05) is 48.7 Å². The number of thioether (sulfide) groups is 1. The number of para-hydroxylation sites is 1. The van der Waals surface area contributed by atoms with Crippen molar-refractivity contribution in [3.8, 4) is 11.5 Å². The molecule has 0 aromatic heterocycles. The summed E-state index contributed by atoms with van der Waals surface area (Å²) in [4.78, 5) is 1.16. The second kappa shape index (κ2) is 7.70. The first kappa shape index (κ1) is 14.6. The van der Waals surface area contributed by atoms with Crippen molar-refractivity contribution in [1.29, 1.82) is 0 Å². The smallest absolute Gasteiger partial charge is 0.132 e. The molecule has 0 fully saturated rings. The number of rotatable bonds is 7. The molecule has 0 aliphatic heterocycles. The van der Waals surface area contributed by atoms with Crippen LogP contribution in [0.25, 0.3) is 0 Å². The standard InChI is InChI=1S/C16H19NO2S/c1-20-16-9-3-2-8-15(16)19-11-5-10-18-14-7-4-6-13(17)12-14/h2-4,6-9,12H,5,10-11,17H2,1H3. The molecular formula is C16H19NO2S. The Balaban J connectivity index is 1.71. The van der Waals surface area contributed by atoms with Gasteiger partial charge in [0.1, 0.15) is 11.5 Å². The Morgan fingerprint density at radius 3 is 2.60 bits per heavy atom. The number of anilines is 1. The van der Waals surface area contributed by atoms with Gasteiger partial charge in [-0.15, -0.1) is 11.8 Å². The van der Waals surface area contributed by atoms with E-state index >= 15 is 0 Å². The van der Waals surface area contributed by atoms with Crippen molar-refractivity contribution in [1.82, 2.24) is 0 Å². The van der Waals surface area contributed by atoms with Gasteiger partial charge in [-0.25, -0.2) is 0 Å². The van der Waals surface area contributed by atoms with Crippen LogP contribution in [0.15, 0.2) is 53.4 Å². The number of hydrogen-bond acceptors (Lipinski definition) is 4. The van der Waals surface area contributed by atoms with Crippen molar-refractivity contribution in [3.63, 3.8) is 0 Å². The fourth-order valence-electron chi connectivity index (χ4n) is 1.77. The zero-order chi connectivity index (χ0) is 14.2. The highest BCUT2D eigenvalue weighted by molar-refractivity contribution is 7.98. The Kier molecular flexibility index (Phi) is 5.62. The van der Waals surface area contributed by atoms with Crippen LogP contribution in [0.5, 0.6) is 11.5 Å². The van der Waals surface area contributed by atoms with Crippen molar-refractivity contribution in [2.24, 2.45) is 0 Å². The monoisotopic (exact) mass is 289 g/mol. The van der Waals surface area contributed by atoms with Crippen molar-refractivity contribution in [2.45, 2.75) is 11.3 Å². The average Bonchev–Trinajstić information content (AvgIpc) is 2.47. The van der Waals surface area contributed by atoms with Gasteiger partial charge in [0.15, 0.2) is 0 Å². The molecular weight excluding hydrogens is 270 g/mol. The SMILES string of the molecule is CSc1ccccc1OCCCOc1cccc(N)c1. The zero-order valence-electron chi connectivity index (χ0n) is 11.5. The summed E-state index contributed by atoms with van der Waals surface area (Å²) < 4.78 is 11.4. The Labute approximate surface area is 124 Å². The molecule has 0 saturated heterocycles.